The number of aliphatic hydroxyl groups excluding tert-OH is 2. The molecule has 0 bridgehead atoms. The molecule has 164 valence electrons. The fourth-order valence-corrected chi connectivity index (χ4v) is 3.63. The Balaban J connectivity index is 1.75. The first kappa shape index (κ1) is 22.0. The predicted octanol–water partition coefficient (Wildman–Crippen LogP) is 0.0836. The molecule has 30 heavy (non-hydrogen) atoms. The van der Waals surface area contributed by atoms with Crippen molar-refractivity contribution >= 4 is 0 Å². The van der Waals surface area contributed by atoms with Crippen molar-refractivity contribution in [1.82, 2.24) is 9.80 Å². The topological polar surface area (TPSA) is 148 Å². The molecule has 4 N–H and O–H groups in total. The zero-order valence-electron chi connectivity index (χ0n) is 16.9. The summed E-state index contributed by atoms with van der Waals surface area (Å²) in [7, 11) is 0. The summed E-state index contributed by atoms with van der Waals surface area (Å²) in [5.74, 6) is -0.580. The lowest BCUT2D eigenvalue weighted by atomic mass is 10.1. The van der Waals surface area contributed by atoms with E-state index in [4.69, 9.17) is 8.83 Å². The second-order valence-corrected chi connectivity index (χ2v) is 7.57. The molecule has 1 aliphatic heterocycles. The van der Waals surface area contributed by atoms with Crippen LogP contribution in [0.4, 0.5) is 0 Å². The highest BCUT2D eigenvalue weighted by atomic mass is 16.4. The standard InChI is InChI=1S/C20H26N2O8/c1-11-5-22(8-18-20(28)16(26)4-14(10-24)30-18)12(2)6-21(11)7-17-19(27)15(25)3-13(9-23)29-17/h3-4,11-12,23-24,27-28H,5-10H2,1-2H3/t11-,12+. The second-order valence-electron chi connectivity index (χ2n) is 7.57. The smallest absolute Gasteiger partial charge is 0.227 e. The molecule has 3 rings (SSSR count). The average Bonchev–Trinajstić information content (AvgIpc) is 2.71. The van der Waals surface area contributed by atoms with E-state index >= 15 is 0 Å². The van der Waals surface area contributed by atoms with E-state index in [1.54, 1.807) is 0 Å². The van der Waals surface area contributed by atoms with Gasteiger partial charge in [0.1, 0.15) is 24.7 Å². The zero-order valence-corrected chi connectivity index (χ0v) is 16.9. The van der Waals surface area contributed by atoms with Crippen LogP contribution < -0.4 is 10.9 Å². The Morgan fingerprint density at radius 3 is 1.53 bits per heavy atom. The lowest BCUT2D eigenvalue weighted by Gasteiger charge is -2.43. The van der Waals surface area contributed by atoms with E-state index < -0.39 is 35.6 Å². The van der Waals surface area contributed by atoms with Gasteiger partial charge in [-0.25, -0.2) is 0 Å². The highest BCUT2D eigenvalue weighted by molar-refractivity contribution is 5.26. The molecule has 0 unspecified atom stereocenters. The van der Waals surface area contributed by atoms with Crippen LogP contribution in [0.5, 0.6) is 11.5 Å². The molecule has 1 fully saturated rings. The third kappa shape index (κ3) is 4.57. The third-order valence-electron chi connectivity index (χ3n) is 5.34. The van der Waals surface area contributed by atoms with Crippen molar-refractivity contribution in [1.29, 1.82) is 0 Å². The molecule has 1 aliphatic rings. The summed E-state index contributed by atoms with van der Waals surface area (Å²) in [5, 5.41) is 38.5. The Morgan fingerprint density at radius 2 is 1.20 bits per heavy atom. The van der Waals surface area contributed by atoms with Crippen molar-refractivity contribution in [3.05, 3.63) is 55.6 Å². The summed E-state index contributed by atoms with van der Waals surface area (Å²) in [4.78, 5) is 27.8. The van der Waals surface area contributed by atoms with Crippen molar-refractivity contribution in [2.75, 3.05) is 13.1 Å². The van der Waals surface area contributed by atoms with Gasteiger partial charge in [0.15, 0.2) is 11.5 Å². The maximum atomic E-state index is 11.8. The van der Waals surface area contributed by atoms with Crippen molar-refractivity contribution in [3.63, 3.8) is 0 Å². The second kappa shape index (κ2) is 9.00. The fourth-order valence-electron chi connectivity index (χ4n) is 3.63. The number of rotatable bonds is 6. The number of aliphatic hydroxyl groups is 2. The monoisotopic (exact) mass is 422 g/mol. The Morgan fingerprint density at radius 1 is 0.833 bits per heavy atom. The van der Waals surface area contributed by atoms with Crippen LogP contribution in [-0.2, 0) is 26.3 Å². The molecule has 0 radical (unpaired) electrons. The van der Waals surface area contributed by atoms with Gasteiger partial charge in [0.25, 0.3) is 0 Å². The highest BCUT2D eigenvalue weighted by Gasteiger charge is 2.31. The molecule has 1 saturated heterocycles. The number of hydrogen-bond donors (Lipinski definition) is 4. The minimum atomic E-state index is -0.603. The molecule has 10 heteroatoms. The zero-order chi connectivity index (χ0) is 22.0. The summed E-state index contributed by atoms with van der Waals surface area (Å²) in [6.45, 7) is 4.53. The van der Waals surface area contributed by atoms with E-state index in [1.807, 2.05) is 23.6 Å². The largest absolute Gasteiger partial charge is 0.502 e. The molecular weight excluding hydrogens is 396 g/mol. The maximum Gasteiger partial charge on any atom is 0.227 e. The summed E-state index contributed by atoms with van der Waals surface area (Å²) >= 11 is 0. The molecule has 3 heterocycles. The quantitative estimate of drug-likeness (QED) is 0.504. The van der Waals surface area contributed by atoms with Gasteiger partial charge >= 0.3 is 0 Å². The Bertz CT molecular complexity index is 933. The van der Waals surface area contributed by atoms with Gasteiger partial charge in [-0.2, -0.15) is 0 Å². The molecule has 0 saturated carbocycles. The van der Waals surface area contributed by atoms with E-state index in [-0.39, 0.29) is 48.2 Å². The first-order chi connectivity index (χ1) is 14.2. The lowest BCUT2D eigenvalue weighted by Crippen LogP contribution is -2.55. The summed E-state index contributed by atoms with van der Waals surface area (Å²) in [6, 6.07) is 2.09. The number of hydrogen-bond acceptors (Lipinski definition) is 10. The normalized spacial score (nSPS) is 20.5. The van der Waals surface area contributed by atoms with Crippen LogP contribution in [0.1, 0.15) is 36.9 Å². The minimum absolute atomic E-state index is 0.0152. The minimum Gasteiger partial charge on any atom is -0.502 e. The van der Waals surface area contributed by atoms with E-state index in [0.717, 1.165) is 12.1 Å². The van der Waals surface area contributed by atoms with Crippen LogP contribution in [0.25, 0.3) is 0 Å². The molecule has 2 atom stereocenters. The maximum absolute atomic E-state index is 11.8. The van der Waals surface area contributed by atoms with Gasteiger partial charge in [-0.1, -0.05) is 0 Å². The number of piperazine rings is 1. The van der Waals surface area contributed by atoms with Gasteiger partial charge < -0.3 is 29.3 Å². The molecule has 10 nitrogen and oxygen atoms in total. The SMILES string of the molecule is C[C@@H]1CN(Cc2oc(CO)cc(=O)c2O)[C@@H](C)CN1Cc1oc(CO)cc(=O)c1O. The van der Waals surface area contributed by atoms with Gasteiger partial charge in [0.2, 0.25) is 22.4 Å². The average molecular weight is 422 g/mol. The molecule has 0 aromatic carbocycles. The van der Waals surface area contributed by atoms with Crippen molar-refractivity contribution in [2.45, 2.75) is 52.2 Å². The number of aromatic hydroxyl groups is 2. The summed E-state index contributed by atoms with van der Waals surface area (Å²) in [6.07, 6.45) is 0. The third-order valence-corrected chi connectivity index (χ3v) is 5.34. The Labute approximate surface area is 172 Å². The summed E-state index contributed by atoms with van der Waals surface area (Å²) < 4.78 is 10.9. The van der Waals surface area contributed by atoms with Crippen LogP contribution >= 0.6 is 0 Å². The van der Waals surface area contributed by atoms with Gasteiger partial charge in [0, 0.05) is 37.3 Å². The molecule has 0 aliphatic carbocycles. The van der Waals surface area contributed by atoms with Crippen molar-refractivity contribution in [3.8, 4) is 11.5 Å². The van der Waals surface area contributed by atoms with Gasteiger partial charge in [-0.05, 0) is 13.8 Å². The van der Waals surface area contributed by atoms with Crippen molar-refractivity contribution in [2.24, 2.45) is 0 Å². The van der Waals surface area contributed by atoms with E-state index in [0.29, 0.717) is 13.1 Å². The highest BCUT2D eigenvalue weighted by Crippen LogP contribution is 2.25. The van der Waals surface area contributed by atoms with Crippen LogP contribution in [0, 0.1) is 0 Å². The van der Waals surface area contributed by atoms with Crippen LogP contribution in [0.15, 0.2) is 30.6 Å². The van der Waals surface area contributed by atoms with Crippen molar-refractivity contribution < 1.29 is 29.3 Å². The molecule has 0 spiro atoms. The molecule has 0 amide bonds. The summed E-state index contributed by atoms with van der Waals surface area (Å²) in [5.41, 5.74) is -1.21. The van der Waals surface area contributed by atoms with Gasteiger partial charge in [-0.15, -0.1) is 0 Å². The first-order valence-electron chi connectivity index (χ1n) is 9.63. The van der Waals surface area contributed by atoms with Gasteiger partial charge in [-0.3, -0.25) is 19.4 Å². The van der Waals surface area contributed by atoms with Crippen LogP contribution in [0.2, 0.25) is 0 Å². The lowest BCUT2D eigenvalue weighted by molar-refractivity contribution is 0.0225. The fraction of sp³-hybridized carbons (Fsp3) is 0.500. The number of nitrogens with zero attached hydrogens (tertiary/aromatic N) is 2. The van der Waals surface area contributed by atoms with Crippen LogP contribution in [0.3, 0.4) is 0 Å². The Kier molecular flexibility index (Phi) is 6.61. The first-order valence-corrected chi connectivity index (χ1v) is 9.63. The van der Waals surface area contributed by atoms with E-state index in [2.05, 4.69) is 0 Å². The van der Waals surface area contributed by atoms with Gasteiger partial charge in [0.05, 0.1) is 13.1 Å². The molecular formula is C20H26N2O8. The molecule has 2 aromatic rings. The van der Waals surface area contributed by atoms with Crippen LogP contribution in [-0.4, -0.2) is 55.4 Å². The Hall–Kier alpha value is -2.66. The van der Waals surface area contributed by atoms with E-state index in [9.17, 15) is 30.0 Å². The molecule has 2 aromatic heterocycles. The van der Waals surface area contributed by atoms with E-state index in [1.165, 1.54) is 0 Å². The predicted molar refractivity (Wildman–Crippen MR) is 105 cm³/mol.